The van der Waals surface area contributed by atoms with Crippen molar-refractivity contribution in [1.82, 2.24) is 9.80 Å². The second kappa shape index (κ2) is 5.61. The minimum absolute atomic E-state index is 0.0743. The van der Waals surface area contributed by atoms with Gasteiger partial charge in [0.1, 0.15) is 5.82 Å². The van der Waals surface area contributed by atoms with Crippen LogP contribution in [0.15, 0.2) is 18.2 Å². The van der Waals surface area contributed by atoms with Crippen molar-refractivity contribution in [3.05, 3.63) is 29.6 Å². The average Bonchev–Trinajstić information content (AvgIpc) is 2.71. The molecule has 2 fully saturated rings. The van der Waals surface area contributed by atoms with E-state index in [1.807, 2.05) is 4.90 Å². The molecule has 2 saturated heterocycles. The van der Waals surface area contributed by atoms with Gasteiger partial charge in [0.2, 0.25) is 0 Å². The number of nitrogens with zero attached hydrogens (tertiary/aromatic N) is 2. The van der Waals surface area contributed by atoms with Crippen molar-refractivity contribution in [1.29, 1.82) is 0 Å². The third-order valence-corrected chi connectivity index (χ3v) is 4.82. The molecule has 1 aromatic carbocycles. The first kappa shape index (κ1) is 14.3. The van der Waals surface area contributed by atoms with Gasteiger partial charge in [-0.3, -0.25) is 15.5 Å². The van der Waals surface area contributed by atoms with Gasteiger partial charge >= 0.3 is 0 Å². The van der Waals surface area contributed by atoms with Crippen molar-refractivity contribution in [2.45, 2.75) is 31.3 Å². The van der Waals surface area contributed by atoms with E-state index in [0.717, 1.165) is 12.8 Å². The topological polar surface area (TPSA) is 61.6 Å². The normalized spacial score (nSPS) is 25.8. The number of benzene rings is 1. The molecule has 0 aromatic heterocycles. The van der Waals surface area contributed by atoms with Gasteiger partial charge in [0.15, 0.2) is 0 Å². The molecule has 0 radical (unpaired) electrons. The zero-order chi connectivity index (χ0) is 15.0. The van der Waals surface area contributed by atoms with E-state index in [1.165, 1.54) is 12.5 Å². The van der Waals surface area contributed by atoms with Crippen LogP contribution in [-0.2, 0) is 0 Å². The molecule has 5 nitrogen and oxygen atoms in total. The lowest BCUT2D eigenvalue weighted by atomic mass is 10.1. The Morgan fingerprint density at radius 2 is 2.10 bits per heavy atom. The monoisotopic (exact) mass is 292 g/mol. The molecule has 0 spiro atoms. The van der Waals surface area contributed by atoms with Crippen molar-refractivity contribution in [3.63, 3.8) is 0 Å². The lowest BCUT2D eigenvalue weighted by Gasteiger charge is -2.26. The highest BCUT2D eigenvalue weighted by molar-refractivity contribution is 5.99. The lowest BCUT2D eigenvalue weighted by Crippen LogP contribution is -2.40. The van der Waals surface area contributed by atoms with E-state index in [9.17, 15) is 9.18 Å². The van der Waals surface area contributed by atoms with Crippen LogP contribution < -0.4 is 11.3 Å². The Bertz CT molecular complexity index is 550. The third-order valence-electron chi connectivity index (χ3n) is 4.82. The Morgan fingerprint density at radius 3 is 2.86 bits per heavy atom. The number of likely N-dealkylation sites (tertiary alicyclic amines) is 1. The lowest BCUT2D eigenvalue weighted by molar-refractivity contribution is 0.0740. The van der Waals surface area contributed by atoms with E-state index < -0.39 is 5.82 Å². The fourth-order valence-corrected chi connectivity index (χ4v) is 3.51. The second-order valence-electron chi connectivity index (χ2n) is 5.90. The Balaban J connectivity index is 1.84. The Kier molecular flexibility index (Phi) is 3.82. The van der Waals surface area contributed by atoms with Crippen LogP contribution in [0.2, 0.25) is 0 Å². The molecule has 2 aliphatic heterocycles. The highest BCUT2D eigenvalue weighted by Crippen LogP contribution is 2.30. The number of anilines is 1. The molecule has 3 N–H and O–H groups in total. The summed E-state index contributed by atoms with van der Waals surface area (Å²) in [4.78, 5) is 16.9. The van der Waals surface area contributed by atoms with Crippen LogP contribution in [-0.4, -0.2) is 47.9 Å². The molecule has 3 rings (SSSR count). The van der Waals surface area contributed by atoms with Crippen molar-refractivity contribution in [3.8, 4) is 0 Å². The summed E-state index contributed by atoms with van der Waals surface area (Å²) >= 11 is 0. The highest BCUT2D eigenvalue weighted by atomic mass is 19.1. The van der Waals surface area contributed by atoms with Gasteiger partial charge in [-0.25, -0.2) is 4.39 Å². The number of carbonyl (C=O) groups is 1. The number of amides is 1. The van der Waals surface area contributed by atoms with Crippen LogP contribution in [0.1, 0.15) is 29.6 Å². The number of fused-ring (bicyclic) bond motifs is 2. The fraction of sp³-hybridized carbons (Fsp3) is 0.533. The summed E-state index contributed by atoms with van der Waals surface area (Å²) in [5.74, 6) is 4.71. The molecule has 2 bridgehead atoms. The van der Waals surface area contributed by atoms with Crippen molar-refractivity contribution >= 4 is 11.6 Å². The summed E-state index contributed by atoms with van der Waals surface area (Å²) < 4.78 is 13.7. The summed E-state index contributed by atoms with van der Waals surface area (Å²) in [5, 5.41) is 0. The number of hydrogen-bond donors (Lipinski definition) is 2. The smallest absolute Gasteiger partial charge is 0.256 e. The molecule has 21 heavy (non-hydrogen) atoms. The van der Waals surface area contributed by atoms with Crippen LogP contribution >= 0.6 is 0 Å². The largest absolute Gasteiger partial charge is 0.337 e. The average molecular weight is 292 g/mol. The number of likely N-dealkylation sites (N-methyl/N-ethyl adjacent to an activating group) is 1. The highest BCUT2D eigenvalue weighted by Gasteiger charge is 2.36. The van der Waals surface area contributed by atoms with Gasteiger partial charge in [-0.15, -0.1) is 0 Å². The van der Waals surface area contributed by atoms with E-state index >= 15 is 0 Å². The summed E-state index contributed by atoms with van der Waals surface area (Å²) in [6, 6.07) is 5.42. The first-order valence-corrected chi connectivity index (χ1v) is 7.38. The maximum Gasteiger partial charge on any atom is 0.256 e. The molecule has 6 heteroatoms. The van der Waals surface area contributed by atoms with Gasteiger partial charge in [-0.05, 0) is 38.4 Å². The third kappa shape index (κ3) is 2.49. The van der Waals surface area contributed by atoms with E-state index in [-0.39, 0.29) is 11.6 Å². The minimum Gasteiger partial charge on any atom is -0.337 e. The van der Waals surface area contributed by atoms with Crippen LogP contribution in [0.4, 0.5) is 10.1 Å². The predicted molar refractivity (Wildman–Crippen MR) is 79.3 cm³/mol. The first-order chi connectivity index (χ1) is 10.1. The van der Waals surface area contributed by atoms with Gasteiger partial charge in [-0.1, -0.05) is 6.07 Å². The molecule has 0 saturated carbocycles. The Morgan fingerprint density at radius 1 is 1.33 bits per heavy atom. The number of para-hydroxylation sites is 1. The summed E-state index contributed by atoms with van der Waals surface area (Å²) in [6.45, 7) is 1.41. The number of nitrogens with two attached hydrogens (primary N) is 1. The van der Waals surface area contributed by atoms with Gasteiger partial charge in [0.25, 0.3) is 5.91 Å². The SMILES string of the molecule is CN1C2CCC1CN(C(=O)c1cccc(F)c1NN)CC2. The maximum atomic E-state index is 13.7. The molecule has 1 amide bonds. The molecule has 2 unspecified atom stereocenters. The fourth-order valence-electron chi connectivity index (χ4n) is 3.51. The number of rotatable bonds is 2. The first-order valence-electron chi connectivity index (χ1n) is 7.38. The van der Waals surface area contributed by atoms with Crippen LogP contribution in [0, 0.1) is 5.82 Å². The van der Waals surface area contributed by atoms with Crippen LogP contribution in [0.3, 0.4) is 0 Å². The quantitative estimate of drug-likeness (QED) is 0.639. The van der Waals surface area contributed by atoms with Crippen LogP contribution in [0.5, 0.6) is 0 Å². The van der Waals surface area contributed by atoms with E-state index in [0.29, 0.717) is 30.7 Å². The molecular weight excluding hydrogens is 271 g/mol. The second-order valence-corrected chi connectivity index (χ2v) is 5.90. The summed E-state index contributed by atoms with van der Waals surface area (Å²) in [5.41, 5.74) is 2.69. The minimum atomic E-state index is -0.503. The van der Waals surface area contributed by atoms with Gasteiger partial charge in [0, 0.05) is 25.2 Å². The number of nitrogen functional groups attached to an aromatic ring is 1. The molecule has 1 aromatic rings. The maximum absolute atomic E-state index is 13.7. The van der Waals surface area contributed by atoms with E-state index in [1.54, 1.807) is 12.1 Å². The molecule has 114 valence electrons. The van der Waals surface area contributed by atoms with Gasteiger partial charge in [-0.2, -0.15) is 0 Å². The zero-order valence-corrected chi connectivity index (χ0v) is 12.2. The van der Waals surface area contributed by atoms with Gasteiger partial charge < -0.3 is 10.3 Å². The predicted octanol–water partition coefficient (Wildman–Crippen LogP) is 1.42. The molecule has 2 heterocycles. The number of hydrogen-bond acceptors (Lipinski definition) is 4. The number of hydrazine groups is 1. The standard InChI is InChI=1S/C15H21FN4O/c1-19-10-5-6-11(19)9-20(8-7-10)15(21)12-3-2-4-13(16)14(12)18-17/h2-4,10-11,18H,5-9,17H2,1H3. The van der Waals surface area contributed by atoms with E-state index in [2.05, 4.69) is 17.4 Å². The van der Waals surface area contributed by atoms with Crippen molar-refractivity contribution < 1.29 is 9.18 Å². The molecule has 2 aliphatic rings. The molecular formula is C15H21FN4O. The van der Waals surface area contributed by atoms with Crippen molar-refractivity contribution in [2.24, 2.45) is 5.84 Å². The number of nitrogens with one attached hydrogen (secondary N) is 1. The number of halogens is 1. The Labute approximate surface area is 123 Å². The van der Waals surface area contributed by atoms with Crippen molar-refractivity contribution in [2.75, 3.05) is 25.6 Å². The van der Waals surface area contributed by atoms with E-state index in [4.69, 9.17) is 5.84 Å². The number of carbonyl (C=O) groups excluding carboxylic acids is 1. The molecule has 2 atom stereocenters. The molecule has 0 aliphatic carbocycles. The summed E-state index contributed by atoms with van der Waals surface area (Å²) in [7, 11) is 2.13. The van der Waals surface area contributed by atoms with Gasteiger partial charge in [0.05, 0.1) is 11.3 Å². The summed E-state index contributed by atoms with van der Waals surface area (Å²) in [6.07, 6.45) is 3.30. The zero-order valence-electron chi connectivity index (χ0n) is 12.2. The van der Waals surface area contributed by atoms with Crippen LogP contribution in [0.25, 0.3) is 0 Å². The Hall–Kier alpha value is -1.66.